The number of nitrogens with one attached hydrogen (secondary N) is 1. The molecule has 2 fully saturated rings. The zero-order valence-corrected chi connectivity index (χ0v) is 13.4. The van der Waals surface area contributed by atoms with Crippen LogP contribution in [-0.2, 0) is 4.79 Å². The van der Waals surface area contributed by atoms with Crippen LogP contribution in [0.1, 0.15) is 44.9 Å². The summed E-state index contributed by atoms with van der Waals surface area (Å²) in [5, 5.41) is 12.7. The zero-order valence-electron chi connectivity index (χ0n) is 13.4. The SMILES string of the molecule is CN(C(=O)CN(CCO)CC1CCCN1)C1CCCCC1. The fourth-order valence-electron chi connectivity index (χ4n) is 3.58. The summed E-state index contributed by atoms with van der Waals surface area (Å²) in [6.07, 6.45) is 8.48. The smallest absolute Gasteiger partial charge is 0.236 e. The van der Waals surface area contributed by atoms with E-state index < -0.39 is 0 Å². The highest BCUT2D eigenvalue weighted by Gasteiger charge is 2.25. The predicted octanol–water partition coefficient (Wildman–Crippen LogP) is 0.824. The van der Waals surface area contributed by atoms with Gasteiger partial charge >= 0.3 is 0 Å². The van der Waals surface area contributed by atoms with Gasteiger partial charge in [0, 0.05) is 32.2 Å². The second kappa shape index (κ2) is 8.71. The van der Waals surface area contributed by atoms with Crippen molar-refractivity contribution in [1.82, 2.24) is 15.1 Å². The van der Waals surface area contributed by atoms with Crippen LogP contribution in [0.2, 0.25) is 0 Å². The average molecular weight is 297 g/mol. The molecular formula is C16H31N3O2. The summed E-state index contributed by atoms with van der Waals surface area (Å²) < 4.78 is 0. The van der Waals surface area contributed by atoms with Crippen LogP contribution < -0.4 is 5.32 Å². The van der Waals surface area contributed by atoms with Gasteiger partial charge in [-0.1, -0.05) is 19.3 Å². The van der Waals surface area contributed by atoms with Gasteiger partial charge in [0.25, 0.3) is 0 Å². The minimum atomic E-state index is 0.118. The number of carbonyl (C=O) groups excluding carboxylic acids is 1. The number of aliphatic hydroxyl groups excluding tert-OH is 1. The second-order valence-electron chi connectivity index (χ2n) is 6.55. The monoisotopic (exact) mass is 297 g/mol. The molecule has 0 aromatic heterocycles. The van der Waals surface area contributed by atoms with E-state index in [0.717, 1.165) is 25.9 Å². The Morgan fingerprint density at radius 1 is 1.19 bits per heavy atom. The van der Waals surface area contributed by atoms with Gasteiger partial charge in [-0.2, -0.15) is 0 Å². The third kappa shape index (κ3) is 5.24. The van der Waals surface area contributed by atoms with Crippen LogP contribution in [0.25, 0.3) is 0 Å². The van der Waals surface area contributed by atoms with E-state index in [9.17, 15) is 9.90 Å². The normalized spacial score (nSPS) is 23.7. The van der Waals surface area contributed by atoms with Gasteiger partial charge in [-0.15, -0.1) is 0 Å². The molecule has 0 radical (unpaired) electrons. The molecule has 5 nitrogen and oxygen atoms in total. The summed E-state index contributed by atoms with van der Waals surface area (Å²) in [7, 11) is 1.95. The first-order valence-electron chi connectivity index (χ1n) is 8.53. The average Bonchev–Trinajstić information content (AvgIpc) is 3.00. The van der Waals surface area contributed by atoms with Crippen LogP contribution in [0.3, 0.4) is 0 Å². The first kappa shape index (κ1) is 16.7. The van der Waals surface area contributed by atoms with Gasteiger partial charge in [0.1, 0.15) is 0 Å². The fourth-order valence-corrected chi connectivity index (χ4v) is 3.58. The van der Waals surface area contributed by atoms with E-state index in [1.165, 1.54) is 32.1 Å². The van der Waals surface area contributed by atoms with Gasteiger partial charge in [0.2, 0.25) is 5.91 Å². The molecule has 2 rings (SSSR count). The van der Waals surface area contributed by atoms with E-state index in [1.54, 1.807) is 0 Å². The molecule has 122 valence electrons. The minimum absolute atomic E-state index is 0.118. The van der Waals surface area contributed by atoms with Crippen molar-refractivity contribution in [3.63, 3.8) is 0 Å². The summed E-state index contributed by atoms with van der Waals surface area (Å²) in [5.74, 6) is 0.202. The van der Waals surface area contributed by atoms with E-state index in [2.05, 4.69) is 10.2 Å². The van der Waals surface area contributed by atoms with Gasteiger partial charge in [-0.3, -0.25) is 9.69 Å². The number of aliphatic hydroxyl groups is 1. The van der Waals surface area contributed by atoms with Crippen LogP contribution >= 0.6 is 0 Å². The molecule has 0 spiro atoms. The number of nitrogens with zero attached hydrogens (tertiary/aromatic N) is 2. The van der Waals surface area contributed by atoms with E-state index in [-0.39, 0.29) is 12.5 Å². The first-order valence-corrected chi connectivity index (χ1v) is 8.53. The first-order chi connectivity index (χ1) is 10.2. The zero-order chi connectivity index (χ0) is 15.1. The summed E-state index contributed by atoms with van der Waals surface area (Å²) in [4.78, 5) is 16.5. The lowest BCUT2D eigenvalue weighted by Crippen LogP contribution is -2.47. The van der Waals surface area contributed by atoms with Crippen molar-refractivity contribution in [2.24, 2.45) is 0 Å². The van der Waals surface area contributed by atoms with Crippen LogP contribution in [-0.4, -0.2) is 72.7 Å². The highest BCUT2D eigenvalue weighted by Crippen LogP contribution is 2.21. The molecule has 1 saturated carbocycles. The molecule has 1 amide bonds. The molecule has 2 N–H and O–H groups in total. The van der Waals surface area contributed by atoms with E-state index in [0.29, 0.717) is 25.2 Å². The molecule has 1 atom stereocenters. The molecule has 0 bridgehead atoms. The molecule has 1 aliphatic carbocycles. The third-order valence-electron chi connectivity index (χ3n) is 4.93. The molecule has 1 aliphatic heterocycles. The highest BCUT2D eigenvalue weighted by atomic mass is 16.3. The Kier molecular flexibility index (Phi) is 6.93. The van der Waals surface area contributed by atoms with Crippen molar-refractivity contribution in [2.45, 2.75) is 57.0 Å². The van der Waals surface area contributed by atoms with E-state index in [1.807, 2.05) is 11.9 Å². The number of rotatable bonds is 7. The molecule has 0 aromatic carbocycles. The van der Waals surface area contributed by atoms with Gasteiger partial charge in [-0.25, -0.2) is 0 Å². The third-order valence-corrected chi connectivity index (χ3v) is 4.93. The molecular weight excluding hydrogens is 266 g/mol. The van der Waals surface area contributed by atoms with Crippen molar-refractivity contribution in [1.29, 1.82) is 0 Å². The van der Waals surface area contributed by atoms with Crippen molar-refractivity contribution >= 4 is 5.91 Å². The quantitative estimate of drug-likeness (QED) is 0.731. The largest absolute Gasteiger partial charge is 0.395 e. The molecule has 1 unspecified atom stereocenters. The maximum Gasteiger partial charge on any atom is 0.236 e. The molecule has 5 heteroatoms. The fraction of sp³-hybridized carbons (Fsp3) is 0.938. The summed E-state index contributed by atoms with van der Waals surface area (Å²) in [5.41, 5.74) is 0. The lowest BCUT2D eigenvalue weighted by Gasteiger charge is -2.33. The van der Waals surface area contributed by atoms with Gasteiger partial charge < -0.3 is 15.3 Å². The summed E-state index contributed by atoms with van der Waals surface area (Å²) >= 11 is 0. The molecule has 1 saturated heterocycles. The van der Waals surface area contributed by atoms with Crippen molar-refractivity contribution in [3.8, 4) is 0 Å². The summed E-state index contributed by atoms with van der Waals surface area (Å²) in [6.45, 7) is 3.08. The van der Waals surface area contributed by atoms with Crippen molar-refractivity contribution in [2.75, 3.05) is 39.8 Å². The topological polar surface area (TPSA) is 55.8 Å². The van der Waals surface area contributed by atoms with Gasteiger partial charge in [-0.05, 0) is 32.2 Å². The maximum atomic E-state index is 12.5. The molecule has 1 heterocycles. The number of carbonyl (C=O) groups is 1. The highest BCUT2D eigenvalue weighted by molar-refractivity contribution is 5.78. The summed E-state index contributed by atoms with van der Waals surface area (Å²) in [6, 6.07) is 0.899. The molecule has 2 aliphatic rings. The minimum Gasteiger partial charge on any atom is -0.395 e. The number of hydrogen-bond donors (Lipinski definition) is 2. The van der Waals surface area contributed by atoms with Crippen LogP contribution in [0.15, 0.2) is 0 Å². The Hall–Kier alpha value is -0.650. The number of amides is 1. The lowest BCUT2D eigenvalue weighted by molar-refractivity contribution is -0.134. The Labute approximate surface area is 128 Å². The standard InChI is InChI=1S/C16H31N3O2/c1-18(15-7-3-2-4-8-15)16(21)13-19(10-11-20)12-14-6-5-9-17-14/h14-15,17,20H,2-13H2,1H3. The lowest BCUT2D eigenvalue weighted by atomic mass is 9.94. The molecule has 0 aromatic rings. The Balaban J connectivity index is 1.81. The van der Waals surface area contributed by atoms with E-state index in [4.69, 9.17) is 0 Å². The van der Waals surface area contributed by atoms with Crippen molar-refractivity contribution in [3.05, 3.63) is 0 Å². The van der Waals surface area contributed by atoms with E-state index >= 15 is 0 Å². The second-order valence-corrected chi connectivity index (χ2v) is 6.55. The number of hydrogen-bond acceptors (Lipinski definition) is 4. The predicted molar refractivity (Wildman–Crippen MR) is 84.2 cm³/mol. The maximum absolute atomic E-state index is 12.5. The van der Waals surface area contributed by atoms with Crippen molar-refractivity contribution < 1.29 is 9.90 Å². The van der Waals surface area contributed by atoms with Gasteiger partial charge in [0.05, 0.1) is 13.2 Å². The Bertz CT molecular complexity index is 313. The Morgan fingerprint density at radius 2 is 1.95 bits per heavy atom. The van der Waals surface area contributed by atoms with Crippen LogP contribution in [0.4, 0.5) is 0 Å². The van der Waals surface area contributed by atoms with Crippen LogP contribution in [0, 0.1) is 0 Å². The molecule has 21 heavy (non-hydrogen) atoms. The Morgan fingerprint density at radius 3 is 2.57 bits per heavy atom. The van der Waals surface area contributed by atoms with Gasteiger partial charge in [0.15, 0.2) is 0 Å². The van der Waals surface area contributed by atoms with Crippen LogP contribution in [0.5, 0.6) is 0 Å². The number of likely N-dealkylation sites (N-methyl/N-ethyl adjacent to an activating group) is 1.